The molecule has 0 amide bonds. The van der Waals surface area contributed by atoms with E-state index in [1.807, 2.05) is 0 Å². The SMILES string of the molecule is C/C(CCO[C@H]1CCCCO1)=C(/C)[Si](C)(C)C. The Balaban J connectivity index is 2.30. The van der Waals surface area contributed by atoms with E-state index in [1.54, 1.807) is 5.20 Å². The van der Waals surface area contributed by atoms with E-state index in [0.717, 1.165) is 26.1 Å². The fourth-order valence-corrected chi connectivity index (χ4v) is 3.42. The van der Waals surface area contributed by atoms with Crippen molar-refractivity contribution in [3.05, 3.63) is 10.8 Å². The van der Waals surface area contributed by atoms with Crippen molar-refractivity contribution in [2.45, 2.75) is 65.5 Å². The minimum Gasteiger partial charge on any atom is -0.353 e. The summed E-state index contributed by atoms with van der Waals surface area (Å²) in [6.45, 7) is 13.4. The van der Waals surface area contributed by atoms with Crippen molar-refractivity contribution in [3.8, 4) is 0 Å². The third kappa shape index (κ3) is 5.36. The molecule has 1 atom stereocenters. The van der Waals surface area contributed by atoms with Gasteiger partial charge in [-0.3, -0.25) is 0 Å². The van der Waals surface area contributed by atoms with Gasteiger partial charge in [-0.15, -0.1) is 0 Å². The second-order valence-corrected chi connectivity index (χ2v) is 11.3. The molecule has 1 aliphatic heterocycles. The molecule has 2 nitrogen and oxygen atoms in total. The van der Waals surface area contributed by atoms with Crippen LogP contribution in [0.15, 0.2) is 10.8 Å². The minimum absolute atomic E-state index is 0.0590. The van der Waals surface area contributed by atoms with Gasteiger partial charge in [-0.05, 0) is 39.5 Å². The Bertz CT molecular complexity index is 260. The van der Waals surface area contributed by atoms with Crippen molar-refractivity contribution in [2.75, 3.05) is 13.2 Å². The number of hydrogen-bond acceptors (Lipinski definition) is 2. The summed E-state index contributed by atoms with van der Waals surface area (Å²) < 4.78 is 11.3. The van der Waals surface area contributed by atoms with Crippen molar-refractivity contribution in [3.63, 3.8) is 0 Å². The van der Waals surface area contributed by atoms with Crippen molar-refractivity contribution >= 4 is 8.07 Å². The van der Waals surface area contributed by atoms with Gasteiger partial charge in [0.2, 0.25) is 0 Å². The standard InChI is InChI=1S/C14H28O2Si/c1-12(13(2)17(3,4)5)9-11-16-14-8-6-7-10-15-14/h14H,6-11H2,1-5H3/b13-12+/t14-/m0/s1. The molecular formula is C14H28O2Si. The molecule has 3 heteroatoms. The van der Waals surface area contributed by atoms with Crippen LogP contribution in [0.3, 0.4) is 0 Å². The Kier molecular flexibility index (Phi) is 5.90. The summed E-state index contributed by atoms with van der Waals surface area (Å²) in [5.74, 6) is 0. The predicted octanol–water partition coefficient (Wildman–Crippen LogP) is 4.13. The first-order valence-corrected chi connectivity index (χ1v) is 10.3. The summed E-state index contributed by atoms with van der Waals surface area (Å²) >= 11 is 0. The van der Waals surface area contributed by atoms with Gasteiger partial charge in [0.15, 0.2) is 6.29 Å². The van der Waals surface area contributed by atoms with Gasteiger partial charge < -0.3 is 9.47 Å². The Morgan fingerprint density at radius 2 is 1.94 bits per heavy atom. The highest BCUT2D eigenvalue weighted by Gasteiger charge is 2.18. The summed E-state index contributed by atoms with van der Waals surface area (Å²) in [6.07, 6.45) is 4.61. The smallest absolute Gasteiger partial charge is 0.157 e. The lowest BCUT2D eigenvalue weighted by molar-refractivity contribution is -0.161. The monoisotopic (exact) mass is 256 g/mol. The van der Waals surface area contributed by atoms with Crippen LogP contribution >= 0.6 is 0 Å². The highest BCUT2D eigenvalue weighted by atomic mass is 28.3. The average Bonchev–Trinajstić information content (AvgIpc) is 2.28. The van der Waals surface area contributed by atoms with Gasteiger partial charge in [0.05, 0.1) is 14.7 Å². The van der Waals surface area contributed by atoms with E-state index in [9.17, 15) is 0 Å². The first-order chi connectivity index (χ1) is 7.91. The van der Waals surface area contributed by atoms with Crippen molar-refractivity contribution in [2.24, 2.45) is 0 Å². The first kappa shape index (κ1) is 14.9. The maximum absolute atomic E-state index is 5.78. The molecule has 0 spiro atoms. The lowest BCUT2D eigenvalue weighted by atomic mass is 10.2. The van der Waals surface area contributed by atoms with Crippen LogP contribution in [0, 0.1) is 0 Å². The van der Waals surface area contributed by atoms with Crippen LogP contribution in [0.4, 0.5) is 0 Å². The largest absolute Gasteiger partial charge is 0.353 e. The van der Waals surface area contributed by atoms with E-state index >= 15 is 0 Å². The molecule has 1 saturated heterocycles. The number of hydrogen-bond donors (Lipinski definition) is 0. The highest BCUT2D eigenvalue weighted by Crippen LogP contribution is 2.20. The van der Waals surface area contributed by atoms with Gasteiger partial charge in [-0.25, -0.2) is 0 Å². The quantitative estimate of drug-likeness (QED) is 0.689. The summed E-state index contributed by atoms with van der Waals surface area (Å²) in [5.41, 5.74) is 1.51. The highest BCUT2D eigenvalue weighted by molar-refractivity contribution is 6.83. The van der Waals surface area contributed by atoms with Crippen molar-refractivity contribution in [1.82, 2.24) is 0 Å². The second kappa shape index (κ2) is 6.71. The van der Waals surface area contributed by atoms with Crippen LogP contribution < -0.4 is 0 Å². The third-order valence-electron chi connectivity index (χ3n) is 3.68. The molecule has 0 bridgehead atoms. The van der Waals surface area contributed by atoms with E-state index < -0.39 is 8.07 Å². The van der Waals surface area contributed by atoms with Crippen molar-refractivity contribution < 1.29 is 9.47 Å². The average molecular weight is 256 g/mol. The zero-order valence-corrected chi connectivity index (χ0v) is 13.1. The topological polar surface area (TPSA) is 18.5 Å². The second-order valence-electron chi connectivity index (χ2n) is 6.07. The first-order valence-electron chi connectivity index (χ1n) is 6.81. The van der Waals surface area contributed by atoms with E-state index in [4.69, 9.17) is 9.47 Å². The molecule has 0 aromatic heterocycles. The molecule has 1 aliphatic rings. The van der Waals surface area contributed by atoms with Crippen molar-refractivity contribution in [1.29, 1.82) is 0 Å². The molecule has 0 N–H and O–H groups in total. The summed E-state index contributed by atoms with van der Waals surface area (Å²) in [5, 5.41) is 1.62. The van der Waals surface area contributed by atoms with Gasteiger partial charge in [-0.1, -0.05) is 30.4 Å². The van der Waals surface area contributed by atoms with Gasteiger partial charge in [-0.2, -0.15) is 0 Å². The zero-order chi connectivity index (χ0) is 12.9. The summed E-state index contributed by atoms with van der Waals surface area (Å²) in [7, 11) is -1.12. The van der Waals surface area contributed by atoms with E-state index in [-0.39, 0.29) is 6.29 Å². The minimum atomic E-state index is -1.12. The summed E-state index contributed by atoms with van der Waals surface area (Å²) in [6, 6.07) is 0. The zero-order valence-electron chi connectivity index (χ0n) is 12.1. The molecule has 1 rings (SSSR count). The third-order valence-corrected chi connectivity index (χ3v) is 6.36. The van der Waals surface area contributed by atoms with Gasteiger partial charge >= 0.3 is 0 Å². The molecule has 1 fully saturated rings. The Morgan fingerprint density at radius 3 is 2.47 bits per heavy atom. The molecule has 100 valence electrons. The molecule has 0 saturated carbocycles. The Hall–Kier alpha value is -0.123. The van der Waals surface area contributed by atoms with E-state index in [2.05, 4.69) is 33.5 Å². The number of allylic oxidation sites excluding steroid dienone is 1. The van der Waals surface area contributed by atoms with Gasteiger partial charge in [0.1, 0.15) is 0 Å². The Morgan fingerprint density at radius 1 is 1.24 bits per heavy atom. The van der Waals surface area contributed by atoms with Crippen LogP contribution in [-0.2, 0) is 9.47 Å². The molecule has 0 aromatic rings. The fourth-order valence-electron chi connectivity index (χ4n) is 2.01. The maximum Gasteiger partial charge on any atom is 0.157 e. The predicted molar refractivity (Wildman–Crippen MR) is 75.9 cm³/mol. The Labute approximate surface area is 107 Å². The maximum atomic E-state index is 5.78. The summed E-state index contributed by atoms with van der Waals surface area (Å²) in [4.78, 5) is 0. The number of rotatable bonds is 5. The molecule has 0 radical (unpaired) electrons. The molecule has 0 unspecified atom stereocenters. The molecular weight excluding hydrogens is 228 g/mol. The van der Waals surface area contributed by atoms with Gasteiger partial charge in [0, 0.05) is 6.61 Å². The number of ether oxygens (including phenoxy) is 2. The molecule has 1 heterocycles. The van der Waals surface area contributed by atoms with Crippen LogP contribution in [0.5, 0.6) is 0 Å². The lowest BCUT2D eigenvalue weighted by Gasteiger charge is -2.24. The molecule has 0 aromatic carbocycles. The van der Waals surface area contributed by atoms with Crippen LogP contribution in [0.25, 0.3) is 0 Å². The van der Waals surface area contributed by atoms with Crippen LogP contribution in [0.2, 0.25) is 19.6 Å². The van der Waals surface area contributed by atoms with E-state index in [1.165, 1.54) is 18.4 Å². The molecule has 17 heavy (non-hydrogen) atoms. The molecule has 0 aliphatic carbocycles. The fraction of sp³-hybridized carbons (Fsp3) is 0.857. The normalized spacial score (nSPS) is 23.5. The van der Waals surface area contributed by atoms with E-state index in [0.29, 0.717) is 0 Å². The van der Waals surface area contributed by atoms with Crippen LogP contribution in [-0.4, -0.2) is 27.6 Å². The van der Waals surface area contributed by atoms with Crippen LogP contribution in [0.1, 0.15) is 39.5 Å². The lowest BCUT2D eigenvalue weighted by Crippen LogP contribution is -2.25. The van der Waals surface area contributed by atoms with Gasteiger partial charge in [0.25, 0.3) is 0 Å².